The minimum atomic E-state index is -1.40. The highest BCUT2D eigenvalue weighted by atomic mass is 32.2. The second-order valence-corrected chi connectivity index (χ2v) is 8.11. The van der Waals surface area contributed by atoms with Crippen molar-refractivity contribution in [1.82, 2.24) is 16.0 Å². The number of aliphatic carboxylic acids is 2. The molecule has 3 atom stereocenters. The fraction of sp³-hybridized carbons (Fsp3) is 0.722. The maximum Gasteiger partial charge on any atom is 0.326 e. The fourth-order valence-electron chi connectivity index (χ4n) is 2.53. The van der Waals surface area contributed by atoms with Crippen LogP contribution < -0.4 is 21.7 Å². The van der Waals surface area contributed by atoms with Gasteiger partial charge in [0.05, 0.1) is 6.54 Å². The highest BCUT2D eigenvalue weighted by Gasteiger charge is 2.29. The number of thioether (sulfide) groups is 1. The first-order valence-corrected chi connectivity index (χ1v) is 10.9. The maximum absolute atomic E-state index is 12.7. The van der Waals surface area contributed by atoms with Crippen molar-refractivity contribution in [3.63, 3.8) is 0 Å². The fourth-order valence-corrected chi connectivity index (χ4v) is 3.00. The molecular weight excluding hydrogens is 416 g/mol. The first-order chi connectivity index (χ1) is 14.0. The summed E-state index contributed by atoms with van der Waals surface area (Å²) in [5, 5.41) is 25.3. The third kappa shape index (κ3) is 11.6. The lowest BCUT2D eigenvalue weighted by molar-refractivity contribution is -0.143. The second-order valence-electron chi connectivity index (χ2n) is 7.13. The average Bonchev–Trinajstić information content (AvgIpc) is 2.66. The first-order valence-electron chi connectivity index (χ1n) is 9.55. The molecular formula is C18H32N4O7S. The Kier molecular flexibility index (Phi) is 13.5. The molecule has 0 radical (unpaired) electrons. The number of carbonyl (C=O) groups is 5. The van der Waals surface area contributed by atoms with Gasteiger partial charge in [-0.2, -0.15) is 11.8 Å². The summed E-state index contributed by atoms with van der Waals surface area (Å²) in [5.41, 5.74) is 5.29. The predicted octanol–water partition coefficient (Wildman–Crippen LogP) is -0.852. The normalized spacial score (nSPS) is 13.8. The van der Waals surface area contributed by atoms with E-state index in [-0.39, 0.29) is 25.3 Å². The first kappa shape index (κ1) is 27.7. The van der Waals surface area contributed by atoms with E-state index in [1.165, 1.54) is 11.8 Å². The minimum Gasteiger partial charge on any atom is -0.481 e. The summed E-state index contributed by atoms with van der Waals surface area (Å²) in [6.07, 6.45) is 1.64. The lowest BCUT2D eigenvalue weighted by atomic mass is 10.0. The van der Waals surface area contributed by atoms with Crippen LogP contribution in [0, 0.1) is 5.92 Å². The molecule has 11 nitrogen and oxygen atoms in total. The Morgan fingerprint density at radius 2 is 1.47 bits per heavy atom. The van der Waals surface area contributed by atoms with E-state index in [0.717, 1.165) is 0 Å². The van der Waals surface area contributed by atoms with Crippen LogP contribution in [0.4, 0.5) is 0 Å². The van der Waals surface area contributed by atoms with E-state index in [4.69, 9.17) is 10.8 Å². The summed E-state index contributed by atoms with van der Waals surface area (Å²) in [6.45, 7) is 3.45. The minimum absolute atomic E-state index is 0.0738. The number of carboxylic acid groups (broad SMARTS) is 2. The summed E-state index contributed by atoms with van der Waals surface area (Å²) in [7, 11) is 0. The highest BCUT2D eigenvalue weighted by Crippen LogP contribution is 2.08. The molecule has 3 unspecified atom stereocenters. The molecule has 0 rings (SSSR count). The molecule has 0 fully saturated rings. The van der Waals surface area contributed by atoms with E-state index in [1.54, 1.807) is 0 Å². The Morgan fingerprint density at radius 3 is 1.93 bits per heavy atom. The second kappa shape index (κ2) is 14.6. The van der Waals surface area contributed by atoms with Crippen LogP contribution in [0.1, 0.15) is 39.5 Å². The van der Waals surface area contributed by atoms with Crippen LogP contribution in [-0.4, -0.2) is 76.6 Å². The van der Waals surface area contributed by atoms with Crippen molar-refractivity contribution in [2.75, 3.05) is 18.6 Å². The van der Waals surface area contributed by atoms with Gasteiger partial charge in [-0.15, -0.1) is 0 Å². The molecule has 0 aromatic rings. The number of hydrogen-bond donors (Lipinski definition) is 6. The summed E-state index contributed by atoms with van der Waals surface area (Å²) < 4.78 is 0. The van der Waals surface area contributed by atoms with Gasteiger partial charge in [-0.05, 0) is 37.2 Å². The molecule has 0 aromatic heterocycles. The Balaban J connectivity index is 5.30. The van der Waals surface area contributed by atoms with Crippen molar-refractivity contribution < 1.29 is 34.2 Å². The predicted molar refractivity (Wildman–Crippen MR) is 112 cm³/mol. The van der Waals surface area contributed by atoms with Gasteiger partial charge in [0.25, 0.3) is 0 Å². The molecule has 3 amide bonds. The number of carbonyl (C=O) groups excluding carboxylic acids is 3. The van der Waals surface area contributed by atoms with Gasteiger partial charge in [0.15, 0.2) is 0 Å². The van der Waals surface area contributed by atoms with E-state index >= 15 is 0 Å². The summed E-state index contributed by atoms with van der Waals surface area (Å²) in [5.74, 6) is -3.80. The van der Waals surface area contributed by atoms with Gasteiger partial charge >= 0.3 is 11.9 Å². The van der Waals surface area contributed by atoms with Crippen LogP contribution in [-0.2, 0) is 24.0 Å². The zero-order valence-corrected chi connectivity index (χ0v) is 18.3. The highest BCUT2D eigenvalue weighted by molar-refractivity contribution is 7.98. The van der Waals surface area contributed by atoms with E-state index in [2.05, 4.69) is 16.0 Å². The van der Waals surface area contributed by atoms with Crippen molar-refractivity contribution in [3.05, 3.63) is 0 Å². The van der Waals surface area contributed by atoms with Gasteiger partial charge in [-0.25, -0.2) is 4.79 Å². The number of carboxylic acids is 2. The molecule has 12 heteroatoms. The number of rotatable bonds is 15. The quantitative estimate of drug-likeness (QED) is 0.185. The summed E-state index contributed by atoms with van der Waals surface area (Å²) in [4.78, 5) is 59.0. The molecule has 0 spiro atoms. The number of amides is 3. The van der Waals surface area contributed by atoms with E-state index < -0.39 is 54.2 Å². The van der Waals surface area contributed by atoms with Crippen LogP contribution in [0.2, 0.25) is 0 Å². The number of nitrogens with two attached hydrogens (primary N) is 1. The Hall–Kier alpha value is -2.34. The van der Waals surface area contributed by atoms with Crippen molar-refractivity contribution in [2.45, 2.75) is 57.7 Å². The molecule has 7 N–H and O–H groups in total. The Morgan fingerprint density at radius 1 is 0.900 bits per heavy atom. The monoisotopic (exact) mass is 448 g/mol. The lowest BCUT2D eigenvalue weighted by Crippen LogP contribution is -2.56. The van der Waals surface area contributed by atoms with Gasteiger partial charge < -0.3 is 31.9 Å². The Bertz CT molecular complexity index is 615. The molecule has 0 saturated carbocycles. The van der Waals surface area contributed by atoms with Gasteiger partial charge in [-0.1, -0.05) is 13.8 Å². The van der Waals surface area contributed by atoms with Crippen LogP contribution in [0.5, 0.6) is 0 Å². The number of hydrogen-bond acceptors (Lipinski definition) is 7. The Labute approximate surface area is 179 Å². The van der Waals surface area contributed by atoms with Crippen molar-refractivity contribution >= 4 is 41.4 Å². The maximum atomic E-state index is 12.7. The van der Waals surface area contributed by atoms with Gasteiger partial charge in [0.1, 0.15) is 18.1 Å². The average molecular weight is 449 g/mol. The molecule has 30 heavy (non-hydrogen) atoms. The zero-order chi connectivity index (χ0) is 23.3. The molecule has 0 aliphatic rings. The van der Waals surface area contributed by atoms with Crippen molar-refractivity contribution in [2.24, 2.45) is 11.7 Å². The van der Waals surface area contributed by atoms with Crippen LogP contribution >= 0.6 is 11.8 Å². The van der Waals surface area contributed by atoms with Crippen molar-refractivity contribution in [1.29, 1.82) is 0 Å². The molecule has 0 heterocycles. The van der Waals surface area contributed by atoms with Gasteiger partial charge in [0.2, 0.25) is 17.7 Å². The topological polar surface area (TPSA) is 188 Å². The third-order valence-electron chi connectivity index (χ3n) is 4.05. The molecule has 0 saturated heterocycles. The third-order valence-corrected chi connectivity index (χ3v) is 4.69. The lowest BCUT2D eigenvalue weighted by Gasteiger charge is -2.25. The summed E-state index contributed by atoms with van der Waals surface area (Å²) in [6, 6.07) is -3.33. The number of nitrogens with one attached hydrogen (secondary N) is 3. The SMILES string of the molecule is CSCCC(NC(=O)C(CC(C)C)NC(=O)CN)C(=O)NC(CCC(=O)O)C(=O)O. The molecule has 0 aromatic carbocycles. The largest absolute Gasteiger partial charge is 0.481 e. The zero-order valence-electron chi connectivity index (χ0n) is 17.5. The van der Waals surface area contributed by atoms with Crippen LogP contribution in [0.25, 0.3) is 0 Å². The van der Waals surface area contributed by atoms with Gasteiger partial charge in [-0.3, -0.25) is 19.2 Å². The molecule has 172 valence electrons. The van der Waals surface area contributed by atoms with E-state index in [9.17, 15) is 29.1 Å². The van der Waals surface area contributed by atoms with E-state index in [1.807, 2.05) is 20.1 Å². The van der Waals surface area contributed by atoms with Gasteiger partial charge in [0, 0.05) is 6.42 Å². The standard InChI is InChI=1S/C18H32N4O7S/c1-10(2)8-13(20-14(23)9-19)17(27)21-11(6-7-30-3)16(26)22-12(18(28)29)4-5-15(24)25/h10-13H,4-9,19H2,1-3H3,(H,20,23)(H,21,27)(H,22,26)(H,24,25)(H,28,29). The summed E-state index contributed by atoms with van der Waals surface area (Å²) >= 11 is 1.44. The molecule has 0 bridgehead atoms. The molecule has 0 aliphatic carbocycles. The van der Waals surface area contributed by atoms with Crippen LogP contribution in [0.15, 0.2) is 0 Å². The van der Waals surface area contributed by atoms with Crippen molar-refractivity contribution in [3.8, 4) is 0 Å². The van der Waals surface area contributed by atoms with E-state index in [0.29, 0.717) is 12.2 Å². The smallest absolute Gasteiger partial charge is 0.326 e. The van der Waals surface area contributed by atoms with Crippen LogP contribution in [0.3, 0.4) is 0 Å². The molecule has 0 aliphatic heterocycles.